The summed E-state index contributed by atoms with van der Waals surface area (Å²) < 4.78 is 0. The Morgan fingerprint density at radius 1 is 0.488 bits per heavy atom. The van der Waals surface area contributed by atoms with Crippen LogP contribution in [0.15, 0.2) is 54.6 Å². The maximum absolute atomic E-state index is 14.3. The van der Waals surface area contributed by atoms with Gasteiger partial charge < -0.3 is 75.3 Å². The molecule has 0 aliphatic heterocycles. The molecule has 2 rings (SSSR count). The van der Waals surface area contributed by atoms with Crippen LogP contribution in [0.2, 0.25) is 0 Å². The van der Waals surface area contributed by atoms with Crippen molar-refractivity contribution in [3.8, 4) is 5.75 Å². The third kappa shape index (κ3) is 29.9. The van der Waals surface area contributed by atoms with Crippen LogP contribution in [0.3, 0.4) is 0 Å². The number of hydrogen-bond acceptors (Lipinski definition) is 14. The van der Waals surface area contributed by atoms with E-state index in [0.29, 0.717) is 49.8 Å². The van der Waals surface area contributed by atoms with E-state index >= 15 is 0 Å². The average Bonchev–Trinajstić information content (AvgIpc) is 3.68. The summed E-state index contributed by atoms with van der Waals surface area (Å²) in [6.45, 7) is 9.55. The van der Waals surface area contributed by atoms with Crippen LogP contribution in [0.5, 0.6) is 5.75 Å². The topological polar surface area (TPSA) is 415 Å². The quantitative estimate of drug-likeness (QED) is 0.0413. The predicted octanol–water partition coefficient (Wildman–Crippen LogP) is 1.08. The van der Waals surface area contributed by atoms with Crippen LogP contribution in [0.25, 0.3) is 0 Å². The average molecular weight is 1210 g/mol. The second kappa shape index (κ2) is 41.4. The number of aliphatic hydroxyl groups excluding tert-OH is 1. The molecule has 17 N–H and O–H groups in total. The van der Waals surface area contributed by atoms with Gasteiger partial charge in [0.05, 0.1) is 13.2 Å². The van der Waals surface area contributed by atoms with Crippen molar-refractivity contribution in [2.24, 2.45) is 29.0 Å². The Hall–Kier alpha value is -7.67. The highest BCUT2D eigenvalue weighted by Crippen LogP contribution is 2.16. The lowest BCUT2D eigenvalue weighted by atomic mass is 9.95. The van der Waals surface area contributed by atoms with Gasteiger partial charge in [-0.2, -0.15) is 0 Å². The zero-order valence-electron chi connectivity index (χ0n) is 51.1. The molecule has 2 aromatic carbocycles. The number of phenolic OH excluding ortho intramolecular Hbond substituents is 1. The van der Waals surface area contributed by atoms with Crippen molar-refractivity contribution in [3.63, 3.8) is 0 Å². The minimum Gasteiger partial charge on any atom is -0.508 e. The summed E-state index contributed by atoms with van der Waals surface area (Å²) in [5.74, 6) is -9.26. The minimum absolute atomic E-state index is 0.00133. The number of carbonyl (C=O) groups excluding carboxylic acids is 11. The molecule has 0 radical (unpaired) electrons. The number of phenols is 1. The molecule has 0 heterocycles. The van der Waals surface area contributed by atoms with Gasteiger partial charge in [-0.05, 0) is 87.1 Å². The summed E-state index contributed by atoms with van der Waals surface area (Å²) in [5.41, 5.74) is 17.5. The molecular formula is C61H98N12O13. The zero-order chi connectivity index (χ0) is 64.1. The molecular weight excluding hydrogens is 1110 g/mol. The van der Waals surface area contributed by atoms with Crippen LogP contribution in [-0.2, 0) is 65.6 Å². The SMILES string of the molecule is CCCCCCCCCCCC(=O)N[C@@H](CC(C)C)C(=O)N[C@H](C(=O)N[C@@H](Cc1ccc(O)cc1)C(=O)N[C@@H](C)C(=O)N[C@@H](CCC(N)=O)C(=O)NCC(=O)N[C@@H](Cc1ccccc1)C(=O)N[C@@H](CO)C(=O)N[C@@H](CCCCN)C(N)=O)[C@@H](C)CC. The number of nitrogens with two attached hydrogens (primary N) is 3. The Kier molecular flexibility index (Phi) is 35.8. The molecule has 25 heteroatoms. The van der Waals surface area contributed by atoms with Crippen molar-refractivity contribution in [3.05, 3.63) is 65.7 Å². The van der Waals surface area contributed by atoms with E-state index in [-0.39, 0.29) is 49.7 Å². The zero-order valence-corrected chi connectivity index (χ0v) is 51.1. The highest BCUT2D eigenvalue weighted by Gasteiger charge is 2.35. The summed E-state index contributed by atoms with van der Waals surface area (Å²) in [4.78, 5) is 148. The number of amides is 11. The van der Waals surface area contributed by atoms with Gasteiger partial charge in [0.25, 0.3) is 0 Å². The fourth-order valence-electron chi connectivity index (χ4n) is 9.20. The molecule has 9 atom stereocenters. The molecule has 0 bridgehead atoms. The second-order valence-electron chi connectivity index (χ2n) is 22.4. The van der Waals surface area contributed by atoms with Crippen molar-refractivity contribution < 1.29 is 63.0 Å². The normalized spacial score (nSPS) is 14.2. The molecule has 11 amide bonds. The molecule has 0 aliphatic carbocycles. The van der Waals surface area contributed by atoms with Crippen LogP contribution < -0.4 is 65.1 Å². The van der Waals surface area contributed by atoms with Crippen molar-refractivity contribution in [1.82, 2.24) is 47.9 Å². The molecule has 0 aliphatic rings. The largest absolute Gasteiger partial charge is 0.508 e. The van der Waals surface area contributed by atoms with Crippen LogP contribution in [0.4, 0.5) is 0 Å². The Bertz CT molecular complexity index is 2470. The Balaban J connectivity index is 2.26. The smallest absolute Gasteiger partial charge is 0.245 e. The molecule has 2 aromatic rings. The van der Waals surface area contributed by atoms with Crippen molar-refractivity contribution in [2.45, 2.75) is 212 Å². The molecule has 86 heavy (non-hydrogen) atoms. The molecule has 25 nitrogen and oxygen atoms in total. The molecule has 0 saturated heterocycles. The molecule has 0 aromatic heterocycles. The number of unbranched alkanes of at least 4 members (excludes halogenated alkanes) is 9. The first-order valence-corrected chi connectivity index (χ1v) is 30.3. The van der Waals surface area contributed by atoms with E-state index in [2.05, 4.69) is 54.8 Å². The third-order valence-corrected chi connectivity index (χ3v) is 14.5. The molecule has 0 unspecified atom stereocenters. The highest BCUT2D eigenvalue weighted by atomic mass is 16.3. The number of hydrogen-bond donors (Lipinski definition) is 14. The number of primary amides is 2. The van der Waals surface area contributed by atoms with Crippen LogP contribution >= 0.6 is 0 Å². The van der Waals surface area contributed by atoms with Gasteiger partial charge in [0.1, 0.15) is 54.1 Å². The van der Waals surface area contributed by atoms with Gasteiger partial charge in [0.15, 0.2) is 0 Å². The van der Waals surface area contributed by atoms with E-state index in [0.717, 1.165) is 25.7 Å². The van der Waals surface area contributed by atoms with Crippen molar-refractivity contribution in [1.29, 1.82) is 0 Å². The highest BCUT2D eigenvalue weighted by molar-refractivity contribution is 5.98. The van der Waals surface area contributed by atoms with E-state index in [1.807, 2.05) is 20.8 Å². The van der Waals surface area contributed by atoms with E-state index in [1.54, 1.807) is 37.3 Å². The van der Waals surface area contributed by atoms with E-state index in [9.17, 15) is 63.0 Å². The maximum Gasteiger partial charge on any atom is 0.245 e. The molecule has 480 valence electrons. The van der Waals surface area contributed by atoms with Crippen LogP contribution in [0, 0.1) is 11.8 Å². The van der Waals surface area contributed by atoms with Gasteiger partial charge in [0, 0.05) is 25.7 Å². The fraction of sp³-hybridized carbons (Fsp3) is 0.623. The van der Waals surface area contributed by atoms with Gasteiger partial charge in [-0.3, -0.25) is 52.7 Å². The van der Waals surface area contributed by atoms with Crippen LogP contribution in [-0.4, -0.2) is 143 Å². The lowest BCUT2D eigenvalue weighted by molar-refractivity contribution is -0.136. The lowest BCUT2D eigenvalue weighted by Crippen LogP contribution is -2.60. The third-order valence-electron chi connectivity index (χ3n) is 14.5. The summed E-state index contributed by atoms with van der Waals surface area (Å²) in [6, 6.07) is 3.76. The first-order chi connectivity index (χ1) is 40.9. The number of benzene rings is 2. The van der Waals surface area contributed by atoms with Gasteiger partial charge in [0.2, 0.25) is 65.0 Å². The van der Waals surface area contributed by atoms with Crippen molar-refractivity contribution in [2.75, 3.05) is 19.7 Å². The molecule has 0 fully saturated rings. The van der Waals surface area contributed by atoms with Gasteiger partial charge in [-0.25, -0.2) is 0 Å². The first kappa shape index (κ1) is 74.4. The number of aromatic hydroxyl groups is 1. The standard InChI is InChI=1S/C61H98N12O13/c1-7-9-10-11-12-13-14-15-19-25-51(77)67-46(33-38(3)4)59(84)73-53(39(5)8-2)61(86)71-48(35-42-26-28-43(75)29-27-42)57(82)66-40(6)55(80)70-45(30-31-50(63)76)56(81)65-36-52(78)68-47(34-41-22-17-16-18-23-41)58(83)72-49(37-74)60(85)69-44(54(64)79)24-20-21-32-62/h16-18,22-23,26-29,38-40,44-49,53,74-75H,7-15,19-21,24-25,30-37,62H2,1-6H3,(H2,63,76)(H2,64,79)(H,65,81)(H,66,82)(H,67,77)(H,68,78)(H,69,85)(H,70,80)(H,71,86)(H,72,83)(H,73,84)/t39-,40-,44-,45-,46-,47-,48-,49-,53-/m0/s1. The van der Waals surface area contributed by atoms with Crippen molar-refractivity contribution >= 4 is 65.0 Å². The summed E-state index contributed by atoms with van der Waals surface area (Å²) in [6.07, 6.45) is 10.8. The van der Waals surface area contributed by atoms with Gasteiger partial charge in [-0.15, -0.1) is 0 Å². The van der Waals surface area contributed by atoms with Gasteiger partial charge >= 0.3 is 0 Å². The van der Waals surface area contributed by atoms with Crippen LogP contribution in [0.1, 0.15) is 162 Å². The van der Waals surface area contributed by atoms with E-state index < -0.39 is 133 Å². The maximum atomic E-state index is 14.3. The fourth-order valence-corrected chi connectivity index (χ4v) is 9.20. The Morgan fingerprint density at radius 3 is 1.58 bits per heavy atom. The summed E-state index contributed by atoms with van der Waals surface area (Å²) >= 11 is 0. The molecule has 0 saturated carbocycles. The predicted molar refractivity (Wildman–Crippen MR) is 324 cm³/mol. The number of aliphatic hydroxyl groups is 1. The van der Waals surface area contributed by atoms with E-state index in [1.165, 1.54) is 56.9 Å². The lowest BCUT2D eigenvalue weighted by Gasteiger charge is -2.29. The Morgan fingerprint density at radius 2 is 1.01 bits per heavy atom. The second-order valence-corrected chi connectivity index (χ2v) is 22.4. The van der Waals surface area contributed by atoms with E-state index in [4.69, 9.17) is 17.2 Å². The number of nitrogens with one attached hydrogen (secondary N) is 9. The number of carbonyl (C=O) groups is 11. The minimum atomic E-state index is -1.57. The number of rotatable bonds is 44. The Labute approximate surface area is 506 Å². The van der Waals surface area contributed by atoms with Gasteiger partial charge in [-0.1, -0.05) is 135 Å². The monoisotopic (exact) mass is 1210 g/mol. The molecule has 0 spiro atoms. The first-order valence-electron chi connectivity index (χ1n) is 30.3. The summed E-state index contributed by atoms with van der Waals surface area (Å²) in [7, 11) is 0. The summed E-state index contributed by atoms with van der Waals surface area (Å²) in [5, 5.41) is 43.2.